The molecule has 0 radical (unpaired) electrons. The van der Waals surface area contributed by atoms with Crippen LogP contribution in [0.2, 0.25) is 6.04 Å². The Morgan fingerprint density at radius 3 is 1.76 bits per heavy atom. The molecule has 0 aliphatic rings. The summed E-state index contributed by atoms with van der Waals surface area (Å²) >= 11 is 0. The van der Waals surface area contributed by atoms with Gasteiger partial charge in [-0.25, -0.2) is 0 Å². The highest BCUT2D eigenvalue weighted by Gasteiger charge is 2.39. The van der Waals surface area contributed by atoms with Crippen LogP contribution in [0, 0.1) is 0 Å². The van der Waals surface area contributed by atoms with Gasteiger partial charge in [0.15, 0.2) is 0 Å². The summed E-state index contributed by atoms with van der Waals surface area (Å²) in [6.45, 7) is 12.2. The molecule has 0 saturated carbocycles. The lowest BCUT2D eigenvalue weighted by Gasteiger charge is -2.28. The van der Waals surface area contributed by atoms with E-state index >= 15 is 0 Å². The average Bonchev–Trinajstić information content (AvgIpc) is 2.30. The van der Waals surface area contributed by atoms with Gasteiger partial charge in [-0.2, -0.15) is 0 Å². The van der Waals surface area contributed by atoms with Gasteiger partial charge in [0.1, 0.15) is 0 Å². The average molecular weight is 263 g/mol. The van der Waals surface area contributed by atoms with E-state index in [1.54, 1.807) is 0 Å². The number of hydrogen-bond donors (Lipinski definition) is 1. The topological polar surface area (TPSA) is 39.7 Å². The van der Waals surface area contributed by atoms with Gasteiger partial charge in [0, 0.05) is 25.9 Å². The molecule has 0 fully saturated rings. The fourth-order valence-corrected chi connectivity index (χ4v) is 4.46. The van der Waals surface area contributed by atoms with E-state index < -0.39 is 8.80 Å². The lowest BCUT2D eigenvalue weighted by molar-refractivity contribution is 0.0707. The van der Waals surface area contributed by atoms with E-state index in [4.69, 9.17) is 13.3 Å². The molecule has 5 heteroatoms. The summed E-state index contributed by atoms with van der Waals surface area (Å²) in [5, 5.41) is 3.32. The lowest BCUT2D eigenvalue weighted by Crippen LogP contribution is -2.46. The third-order valence-corrected chi connectivity index (χ3v) is 5.58. The molecular formula is C12H29NO3Si. The predicted octanol–water partition coefficient (Wildman–Crippen LogP) is 2.42. The maximum atomic E-state index is 5.79. The van der Waals surface area contributed by atoms with Gasteiger partial charge < -0.3 is 18.6 Å². The Morgan fingerprint density at radius 1 is 0.824 bits per heavy atom. The van der Waals surface area contributed by atoms with Crippen LogP contribution in [0.1, 0.15) is 40.5 Å². The Kier molecular flexibility index (Phi) is 11.2. The van der Waals surface area contributed by atoms with Crippen molar-refractivity contribution in [1.82, 2.24) is 5.32 Å². The molecule has 104 valence electrons. The van der Waals surface area contributed by atoms with Crippen LogP contribution in [0.25, 0.3) is 0 Å². The molecular weight excluding hydrogens is 234 g/mol. The number of unbranched alkanes of at least 4 members (excludes halogenated alkanes) is 1. The molecule has 0 aromatic rings. The quantitative estimate of drug-likeness (QED) is 0.434. The van der Waals surface area contributed by atoms with E-state index in [0.717, 1.165) is 32.0 Å². The summed E-state index contributed by atoms with van der Waals surface area (Å²) in [5.74, 6) is 0. The smallest absolute Gasteiger partial charge is 0.374 e. The van der Waals surface area contributed by atoms with Crippen LogP contribution in [-0.4, -0.2) is 41.7 Å². The van der Waals surface area contributed by atoms with Gasteiger partial charge in [-0.1, -0.05) is 6.92 Å². The van der Waals surface area contributed by atoms with E-state index in [1.807, 2.05) is 20.8 Å². The Balaban J connectivity index is 4.05. The zero-order chi connectivity index (χ0) is 13.0. The number of nitrogens with one attached hydrogen (secondary N) is 1. The Morgan fingerprint density at radius 2 is 1.35 bits per heavy atom. The predicted molar refractivity (Wildman–Crippen MR) is 73.2 cm³/mol. The number of hydrogen-bond acceptors (Lipinski definition) is 4. The summed E-state index contributed by atoms with van der Waals surface area (Å²) in [4.78, 5) is 0. The van der Waals surface area contributed by atoms with Gasteiger partial charge in [-0.15, -0.1) is 0 Å². The molecule has 0 spiro atoms. The van der Waals surface area contributed by atoms with E-state index in [-0.39, 0.29) is 0 Å². The van der Waals surface area contributed by atoms with Crippen molar-refractivity contribution in [2.45, 2.75) is 46.6 Å². The van der Waals surface area contributed by atoms with Crippen molar-refractivity contribution < 1.29 is 13.3 Å². The van der Waals surface area contributed by atoms with Crippen LogP contribution >= 0.6 is 0 Å². The van der Waals surface area contributed by atoms with Crippen LogP contribution in [0.4, 0.5) is 0 Å². The molecule has 4 nitrogen and oxygen atoms in total. The van der Waals surface area contributed by atoms with Crippen LogP contribution < -0.4 is 5.32 Å². The third-order valence-electron chi connectivity index (χ3n) is 2.43. The molecule has 0 amide bonds. The van der Waals surface area contributed by atoms with Gasteiger partial charge in [-0.05, 0) is 46.7 Å². The molecule has 0 unspecified atom stereocenters. The first-order valence-electron chi connectivity index (χ1n) is 6.87. The summed E-state index contributed by atoms with van der Waals surface area (Å²) in [7, 11) is -2.38. The van der Waals surface area contributed by atoms with Gasteiger partial charge in [0.25, 0.3) is 0 Å². The van der Waals surface area contributed by atoms with Gasteiger partial charge in [-0.3, -0.25) is 0 Å². The second kappa shape index (κ2) is 11.2. The van der Waals surface area contributed by atoms with Crippen LogP contribution in [-0.2, 0) is 13.3 Å². The molecule has 1 N–H and O–H groups in total. The minimum atomic E-state index is -2.38. The summed E-state index contributed by atoms with van der Waals surface area (Å²) in [6.07, 6.45) is 2.25. The van der Waals surface area contributed by atoms with Gasteiger partial charge >= 0.3 is 8.80 Å². The molecule has 0 aromatic carbocycles. The van der Waals surface area contributed by atoms with E-state index in [1.165, 1.54) is 0 Å². The van der Waals surface area contributed by atoms with Crippen LogP contribution in [0.3, 0.4) is 0 Å². The molecule has 0 aliphatic carbocycles. The molecule has 17 heavy (non-hydrogen) atoms. The first kappa shape index (κ1) is 17.1. The van der Waals surface area contributed by atoms with Crippen LogP contribution in [0.5, 0.6) is 0 Å². The zero-order valence-corrected chi connectivity index (χ0v) is 12.9. The van der Waals surface area contributed by atoms with Crippen molar-refractivity contribution in [1.29, 1.82) is 0 Å². The lowest BCUT2D eigenvalue weighted by atomic mass is 10.3. The molecule has 0 aliphatic heterocycles. The van der Waals surface area contributed by atoms with Gasteiger partial charge in [0.2, 0.25) is 0 Å². The van der Waals surface area contributed by atoms with Crippen LogP contribution in [0.15, 0.2) is 0 Å². The molecule has 0 aromatic heterocycles. The highest BCUT2D eigenvalue weighted by molar-refractivity contribution is 6.60. The highest BCUT2D eigenvalue weighted by Crippen LogP contribution is 2.18. The van der Waals surface area contributed by atoms with E-state index in [9.17, 15) is 0 Å². The largest absolute Gasteiger partial charge is 0.500 e. The van der Waals surface area contributed by atoms with Crippen molar-refractivity contribution in [3.63, 3.8) is 0 Å². The van der Waals surface area contributed by atoms with E-state index in [2.05, 4.69) is 12.2 Å². The maximum absolute atomic E-state index is 5.79. The van der Waals surface area contributed by atoms with Crippen molar-refractivity contribution in [3.8, 4) is 0 Å². The molecule has 0 atom stereocenters. The first-order valence-corrected chi connectivity index (χ1v) is 8.80. The Hall–Kier alpha value is 0.0569. The minimum Gasteiger partial charge on any atom is -0.374 e. The fraction of sp³-hybridized carbons (Fsp3) is 1.00. The fourth-order valence-electron chi connectivity index (χ4n) is 1.77. The number of rotatable bonds is 12. The summed E-state index contributed by atoms with van der Waals surface area (Å²) in [6, 6.07) is 0.925. The highest BCUT2D eigenvalue weighted by atomic mass is 28.4. The zero-order valence-electron chi connectivity index (χ0n) is 11.9. The van der Waals surface area contributed by atoms with Crippen molar-refractivity contribution in [2.75, 3.05) is 32.9 Å². The normalized spacial score (nSPS) is 12.0. The first-order chi connectivity index (χ1) is 8.24. The van der Waals surface area contributed by atoms with Crippen molar-refractivity contribution in [2.24, 2.45) is 0 Å². The van der Waals surface area contributed by atoms with Crippen molar-refractivity contribution in [3.05, 3.63) is 0 Å². The maximum Gasteiger partial charge on any atom is 0.500 e. The summed E-state index contributed by atoms with van der Waals surface area (Å²) < 4.78 is 17.4. The second-order valence-corrected chi connectivity index (χ2v) is 6.52. The SMILES string of the molecule is CCNCCCC[Si](OCC)(OCC)OCC. The monoisotopic (exact) mass is 263 g/mol. The third kappa shape index (κ3) is 7.89. The molecule has 0 bridgehead atoms. The van der Waals surface area contributed by atoms with E-state index in [0.29, 0.717) is 19.8 Å². The summed E-state index contributed by atoms with van der Waals surface area (Å²) in [5.41, 5.74) is 0. The Bertz CT molecular complexity index is 153. The Labute approximate surface area is 107 Å². The molecule has 0 saturated heterocycles. The molecule has 0 heterocycles. The molecule has 0 rings (SSSR count). The van der Waals surface area contributed by atoms with Gasteiger partial charge in [0.05, 0.1) is 0 Å². The second-order valence-electron chi connectivity index (χ2n) is 3.79. The standard InChI is InChI=1S/C12H29NO3Si/c1-5-13-11-9-10-12-17(14-6-2,15-7-3)16-8-4/h13H,5-12H2,1-4H3. The minimum absolute atomic E-state index is 0.666. The van der Waals surface area contributed by atoms with Crippen molar-refractivity contribution >= 4 is 8.80 Å².